The number of anilines is 2. The Hall–Kier alpha value is -2.30. The Kier molecular flexibility index (Phi) is 10.1. The molecule has 10 heteroatoms. The maximum absolute atomic E-state index is 5.93. The van der Waals surface area contributed by atoms with Gasteiger partial charge in [0, 0.05) is 37.6 Å². The molecule has 0 amide bonds. The Morgan fingerprint density at radius 1 is 1.16 bits per heavy atom. The van der Waals surface area contributed by atoms with E-state index in [9.17, 15) is 0 Å². The highest BCUT2D eigenvalue weighted by Crippen LogP contribution is 2.22. The Morgan fingerprint density at radius 3 is 2.62 bits per heavy atom. The first-order valence-electron chi connectivity index (χ1n) is 11.5. The molecule has 9 nitrogen and oxygen atoms in total. The molecule has 0 spiro atoms. The first-order valence-corrected chi connectivity index (χ1v) is 12.3. The second-order valence-electron chi connectivity index (χ2n) is 7.56. The molecule has 3 rings (SSSR count). The van der Waals surface area contributed by atoms with Crippen molar-refractivity contribution in [2.75, 3.05) is 62.9 Å². The van der Waals surface area contributed by atoms with Crippen LogP contribution in [0.25, 0.3) is 0 Å². The number of hydrogen-bond acceptors (Lipinski definition) is 10. The van der Waals surface area contributed by atoms with E-state index in [4.69, 9.17) is 9.47 Å². The van der Waals surface area contributed by atoms with Gasteiger partial charge in [0.15, 0.2) is 5.82 Å². The molecule has 3 heterocycles. The number of nitrogens with one attached hydrogen (secondary N) is 1. The lowest BCUT2D eigenvalue weighted by Gasteiger charge is -2.26. The van der Waals surface area contributed by atoms with E-state index < -0.39 is 0 Å². The summed E-state index contributed by atoms with van der Waals surface area (Å²) in [4.78, 5) is 19.5. The number of morpholine rings is 1. The van der Waals surface area contributed by atoms with Crippen LogP contribution in [-0.4, -0.2) is 78.6 Å². The second-order valence-corrected chi connectivity index (χ2v) is 8.72. The highest BCUT2D eigenvalue weighted by molar-refractivity contribution is 7.16. The number of aryl methyl sites for hydroxylation is 1. The summed E-state index contributed by atoms with van der Waals surface area (Å²) in [5, 5.41) is 5.33. The fraction of sp³-hybridized carbons (Fsp3) is 0.636. The summed E-state index contributed by atoms with van der Waals surface area (Å²) in [6, 6.07) is 4.48. The SMILES string of the molecule is CCCN(CCC)c1nc(/C=N/Nc2ccc(CC)s2)nc(OCCN2CCOCC2)n1. The summed E-state index contributed by atoms with van der Waals surface area (Å²) in [6.07, 6.45) is 4.67. The smallest absolute Gasteiger partial charge is 0.321 e. The first kappa shape index (κ1) is 24.3. The minimum Gasteiger partial charge on any atom is -0.462 e. The van der Waals surface area contributed by atoms with Crippen LogP contribution in [0.3, 0.4) is 0 Å². The van der Waals surface area contributed by atoms with Crippen LogP contribution < -0.4 is 15.1 Å². The van der Waals surface area contributed by atoms with Crippen molar-refractivity contribution >= 4 is 28.5 Å². The van der Waals surface area contributed by atoms with Crippen molar-refractivity contribution in [3.05, 3.63) is 22.8 Å². The van der Waals surface area contributed by atoms with Crippen molar-refractivity contribution in [3.63, 3.8) is 0 Å². The van der Waals surface area contributed by atoms with Crippen LogP contribution in [0, 0.1) is 0 Å². The third-order valence-corrected chi connectivity index (χ3v) is 6.13. The van der Waals surface area contributed by atoms with E-state index in [1.165, 1.54) is 4.88 Å². The summed E-state index contributed by atoms with van der Waals surface area (Å²) >= 11 is 1.69. The van der Waals surface area contributed by atoms with E-state index >= 15 is 0 Å². The van der Waals surface area contributed by atoms with Gasteiger partial charge in [-0.05, 0) is 31.4 Å². The molecule has 32 heavy (non-hydrogen) atoms. The topological polar surface area (TPSA) is 88.0 Å². The van der Waals surface area contributed by atoms with Gasteiger partial charge in [-0.1, -0.05) is 20.8 Å². The standard InChI is InChI=1S/C22H35N7O2S/c1-4-9-29(10-5-2)21-24-19(17-23-27-20-8-7-18(6-3)32-20)25-22(26-21)31-16-13-28-11-14-30-15-12-28/h7-8,17,27H,4-6,9-16H2,1-3H3/b23-17+. The minimum atomic E-state index is 0.339. The van der Waals surface area contributed by atoms with Gasteiger partial charge in [0.1, 0.15) is 11.6 Å². The third-order valence-electron chi connectivity index (χ3n) is 5.00. The molecular weight excluding hydrogens is 426 g/mol. The molecule has 0 aliphatic carbocycles. The number of nitrogens with zero attached hydrogens (tertiary/aromatic N) is 6. The van der Waals surface area contributed by atoms with Gasteiger partial charge in [-0.15, -0.1) is 11.3 Å². The van der Waals surface area contributed by atoms with Gasteiger partial charge in [0.05, 0.1) is 19.4 Å². The molecule has 2 aromatic rings. The Morgan fingerprint density at radius 2 is 1.94 bits per heavy atom. The van der Waals surface area contributed by atoms with Gasteiger partial charge < -0.3 is 14.4 Å². The molecule has 1 N–H and O–H groups in total. The lowest BCUT2D eigenvalue weighted by molar-refractivity contribution is 0.0317. The van der Waals surface area contributed by atoms with Gasteiger partial charge >= 0.3 is 6.01 Å². The molecule has 0 radical (unpaired) electrons. The van der Waals surface area contributed by atoms with E-state index in [-0.39, 0.29) is 0 Å². The van der Waals surface area contributed by atoms with Crippen molar-refractivity contribution < 1.29 is 9.47 Å². The molecular formula is C22H35N7O2S. The Bertz CT molecular complexity index is 833. The lowest BCUT2D eigenvalue weighted by atomic mass is 10.4. The maximum Gasteiger partial charge on any atom is 0.321 e. The summed E-state index contributed by atoms with van der Waals surface area (Å²) in [7, 11) is 0. The number of hydrazone groups is 1. The van der Waals surface area contributed by atoms with E-state index in [0.29, 0.717) is 24.4 Å². The van der Waals surface area contributed by atoms with Gasteiger partial charge in [-0.3, -0.25) is 10.3 Å². The summed E-state index contributed by atoms with van der Waals surface area (Å²) in [5.41, 5.74) is 3.07. The molecule has 0 bridgehead atoms. The lowest BCUT2D eigenvalue weighted by Crippen LogP contribution is -2.38. The number of hydrogen-bond donors (Lipinski definition) is 1. The van der Waals surface area contributed by atoms with Crippen molar-refractivity contribution in [1.29, 1.82) is 0 Å². The molecule has 2 aromatic heterocycles. The predicted molar refractivity (Wildman–Crippen MR) is 130 cm³/mol. The number of thiophene rings is 1. The Labute approximate surface area is 194 Å². The molecule has 1 aliphatic rings. The van der Waals surface area contributed by atoms with Gasteiger partial charge in [0.2, 0.25) is 5.95 Å². The highest BCUT2D eigenvalue weighted by Gasteiger charge is 2.14. The van der Waals surface area contributed by atoms with E-state index in [2.05, 4.69) is 62.1 Å². The third kappa shape index (κ3) is 7.68. The van der Waals surface area contributed by atoms with Crippen LogP contribution in [0.1, 0.15) is 44.3 Å². The maximum atomic E-state index is 5.93. The van der Waals surface area contributed by atoms with Gasteiger partial charge in [-0.2, -0.15) is 20.1 Å². The molecule has 0 saturated carbocycles. The average molecular weight is 462 g/mol. The molecule has 1 aliphatic heterocycles. The van der Waals surface area contributed by atoms with E-state index in [1.807, 2.05) is 6.07 Å². The fourth-order valence-electron chi connectivity index (χ4n) is 3.35. The average Bonchev–Trinajstić information content (AvgIpc) is 3.28. The van der Waals surface area contributed by atoms with E-state index in [1.54, 1.807) is 17.6 Å². The first-order chi connectivity index (χ1) is 15.7. The number of ether oxygens (including phenoxy) is 2. The van der Waals surface area contributed by atoms with Crippen molar-refractivity contribution in [2.45, 2.75) is 40.0 Å². The van der Waals surface area contributed by atoms with Gasteiger partial charge in [0.25, 0.3) is 0 Å². The van der Waals surface area contributed by atoms with Crippen LogP contribution in [0.4, 0.5) is 10.9 Å². The van der Waals surface area contributed by atoms with Crippen molar-refractivity contribution in [1.82, 2.24) is 19.9 Å². The molecule has 0 unspecified atom stereocenters. The summed E-state index contributed by atoms with van der Waals surface area (Å²) < 4.78 is 11.3. The van der Waals surface area contributed by atoms with Gasteiger partial charge in [-0.25, -0.2) is 0 Å². The zero-order valence-electron chi connectivity index (χ0n) is 19.4. The van der Waals surface area contributed by atoms with Crippen LogP contribution in [0.5, 0.6) is 6.01 Å². The van der Waals surface area contributed by atoms with Crippen LogP contribution in [-0.2, 0) is 11.2 Å². The van der Waals surface area contributed by atoms with Crippen LogP contribution in [0.15, 0.2) is 17.2 Å². The molecule has 1 fully saturated rings. The predicted octanol–water partition coefficient (Wildman–Crippen LogP) is 3.28. The number of aromatic nitrogens is 3. The highest BCUT2D eigenvalue weighted by atomic mass is 32.1. The van der Waals surface area contributed by atoms with Crippen molar-refractivity contribution in [3.8, 4) is 6.01 Å². The van der Waals surface area contributed by atoms with E-state index in [0.717, 1.165) is 70.2 Å². The summed E-state index contributed by atoms with van der Waals surface area (Å²) in [6.45, 7) is 13.0. The monoisotopic (exact) mass is 461 g/mol. The summed E-state index contributed by atoms with van der Waals surface area (Å²) in [5.74, 6) is 1.12. The largest absolute Gasteiger partial charge is 0.462 e. The van der Waals surface area contributed by atoms with Crippen LogP contribution in [0.2, 0.25) is 0 Å². The molecule has 176 valence electrons. The number of rotatable bonds is 13. The normalized spacial score (nSPS) is 14.7. The van der Waals surface area contributed by atoms with Crippen molar-refractivity contribution in [2.24, 2.45) is 5.10 Å². The van der Waals surface area contributed by atoms with Crippen LogP contribution >= 0.6 is 11.3 Å². The zero-order chi connectivity index (χ0) is 22.6. The molecule has 0 atom stereocenters. The quantitative estimate of drug-likeness (QED) is 0.359. The Balaban J connectivity index is 1.70. The second kappa shape index (κ2) is 13.3. The zero-order valence-corrected chi connectivity index (χ0v) is 20.2. The molecule has 0 aromatic carbocycles. The molecule has 1 saturated heterocycles. The fourth-order valence-corrected chi connectivity index (χ4v) is 4.15. The minimum absolute atomic E-state index is 0.339.